The molecule has 5 heteroatoms. The second-order valence-corrected chi connectivity index (χ2v) is 7.42. The van der Waals surface area contributed by atoms with Crippen molar-refractivity contribution < 1.29 is 8.42 Å². The van der Waals surface area contributed by atoms with E-state index in [9.17, 15) is 8.42 Å². The van der Waals surface area contributed by atoms with Gasteiger partial charge in [0.2, 0.25) is 10.0 Å². The smallest absolute Gasteiger partial charge is 0.233 e. The molecule has 94 valence electrons. The molecule has 0 spiro atoms. The first-order chi connectivity index (χ1) is 7.87. The number of nitrogens with one attached hydrogen (secondary N) is 1. The number of halogens is 1. The molecule has 0 aliphatic heterocycles. The maximum atomic E-state index is 11.9. The fourth-order valence-corrected chi connectivity index (χ4v) is 4.22. The molecule has 0 radical (unpaired) electrons. The van der Waals surface area contributed by atoms with Gasteiger partial charge in [0.15, 0.2) is 0 Å². The Morgan fingerprint density at radius 3 is 2.29 bits per heavy atom. The number of hydrogen-bond acceptors (Lipinski definition) is 2. The third-order valence-electron chi connectivity index (χ3n) is 2.91. The van der Waals surface area contributed by atoms with E-state index in [-0.39, 0.29) is 5.75 Å². The first kappa shape index (κ1) is 12.9. The second-order valence-electron chi connectivity index (χ2n) is 4.74. The van der Waals surface area contributed by atoms with Gasteiger partial charge in [0.1, 0.15) is 0 Å². The van der Waals surface area contributed by atoms with Gasteiger partial charge in [-0.2, -0.15) is 0 Å². The van der Waals surface area contributed by atoms with Crippen molar-refractivity contribution in [1.82, 2.24) is 0 Å². The van der Waals surface area contributed by atoms with Crippen LogP contribution in [0.25, 0.3) is 0 Å². The van der Waals surface area contributed by atoms with E-state index in [1.54, 1.807) is 0 Å². The highest BCUT2D eigenvalue weighted by Crippen LogP contribution is 2.32. The summed E-state index contributed by atoms with van der Waals surface area (Å²) in [6.07, 6.45) is 2.08. The molecule has 1 aliphatic carbocycles. The van der Waals surface area contributed by atoms with Crippen LogP contribution in [0.5, 0.6) is 0 Å². The van der Waals surface area contributed by atoms with Gasteiger partial charge in [0.25, 0.3) is 0 Å². The van der Waals surface area contributed by atoms with Crippen LogP contribution < -0.4 is 4.72 Å². The van der Waals surface area contributed by atoms with Gasteiger partial charge in [0, 0.05) is 4.47 Å². The Hall–Kier alpha value is -0.550. The third-order valence-corrected chi connectivity index (χ3v) is 4.79. The van der Waals surface area contributed by atoms with Crippen molar-refractivity contribution in [3.63, 3.8) is 0 Å². The van der Waals surface area contributed by atoms with Gasteiger partial charge in [-0.25, -0.2) is 8.42 Å². The van der Waals surface area contributed by atoms with Crippen LogP contribution in [0.3, 0.4) is 0 Å². The minimum absolute atomic E-state index is 0.252. The molecular weight excluding hydrogens is 302 g/mol. The lowest BCUT2D eigenvalue weighted by Crippen LogP contribution is -2.19. The van der Waals surface area contributed by atoms with Gasteiger partial charge in [-0.3, -0.25) is 4.72 Å². The Morgan fingerprint density at radius 1 is 1.29 bits per heavy atom. The molecular formula is C12H16BrNO2S. The number of benzene rings is 1. The highest BCUT2D eigenvalue weighted by molar-refractivity contribution is 9.10. The molecule has 2 rings (SSSR count). The van der Waals surface area contributed by atoms with Crippen LogP contribution in [0.4, 0.5) is 5.69 Å². The van der Waals surface area contributed by atoms with E-state index in [4.69, 9.17) is 0 Å². The molecule has 1 fully saturated rings. The summed E-state index contributed by atoms with van der Waals surface area (Å²) < 4.78 is 27.5. The number of anilines is 1. The topological polar surface area (TPSA) is 46.2 Å². The Labute approximate surface area is 111 Å². The van der Waals surface area contributed by atoms with Gasteiger partial charge >= 0.3 is 0 Å². The molecule has 0 atom stereocenters. The summed E-state index contributed by atoms with van der Waals surface area (Å²) in [5, 5.41) is 0. The molecule has 1 saturated carbocycles. The lowest BCUT2D eigenvalue weighted by molar-refractivity contribution is 0.597. The first-order valence-electron chi connectivity index (χ1n) is 5.64. The monoisotopic (exact) mass is 317 g/mol. The summed E-state index contributed by atoms with van der Waals surface area (Å²) in [5.41, 5.74) is 2.60. The lowest BCUT2D eigenvalue weighted by atomic mass is 10.1. The molecule has 0 aromatic heterocycles. The molecule has 0 saturated heterocycles. The number of hydrogen-bond donors (Lipinski definition) is 1. The van der Waals surface area contributed by atoms with E-state index in [0.29, 0.717) is 11.6 Å². The molecule has 0 heterocycles. The quantitative estimate of drug-likeness (QED) is 0.926. The fraction of sp³-hybridized carbons (Fsp3) is 0.500. The van der Waals surface area contributed by atoms with Crippen LogP contribution in [0.2, 0.25) is 0 Å². The Bertz CT molecular complexity index is 512. The average molecular weight is 318 g/mol. The van der Waals surface area contributed by atoms with Gasteiger partial charge in [-0.05, 0) is 55.9 Å². The zero-order valence-electron chi connectivity index (χ0n) is 9.96. The van der Waals surface area contributed by atoms with Crippen molar-refractivity contribution in [2.45, 2.75) is 26.7 Å². The van der Waals surface area contributed by atoms with Gasteiger partial charge in [0.05, 0.1) is 11.4 Å². The summed E-state index contributed by atoms with van der Waals surface area (Å²) >= 11 is 3.40. The van der Waals surface area contributed by atoms with E-state index in [1.165, 1.54) is 0 Å². The molecule has 1 N–H and O–H groups in total. The summed E-state index contributed by atoms with van der Waals surface area (Å²) in [5.74, 6) is 0.616. The summed E-state index contributed by atoms with van der Waals surface area (Å²) in [4.78, 5) is 0. The zero-order chi connectivity index (χ0) is 12.6. The third kappa shape index (κ3) is 3.45. The highest BCUT2D eigenvalue weighted by atomic mass is 79.9. The number of sulfonamides is 1. The van der Waals surface area contributed by atoms with Crippen molar-refractivity contribution in [3.8, 4) is 0 Å². The Balaban J connectivity index is 2.23. The molecule has 1 aromatic carbocycles. The number of aryl methyl sites for hydroxylation is 2. The zero-order valence-corrected chi connectivity index (χ0v) is 12.4. The first-order valence-corrected chi connectivity index (χ1v) is 8.09. The minimum atomic E-state index is -3.19. The van der Waals surface area contributed by atoms with Crippen molar-refractivity contribution >= 4 is 31.6 Å². The van der Waals surface area contributed by atoms with Crippen molar-refractivity contribution in [1.29, 1.82) is 0 Å². The predicted molar refractivity (Wildman–Crippen MR) is 73.7 cm³/mol. The van der Waals surface area contributed by atoms with E-state index in [1.807, 2.05) is 26.0 Å². The minimum Gasteiger partial charge on any atom is -0.283 e. The SMILES string of the molecule is Cc1cc(Br)cc(C)c1NS(=O)(=O)CC1CC1. The summed E-state index contributed by atoms with van der Waals surface area (Å²) in [7, 11) is -3.19. The average Bonchev–Trinajstić information content (AvgIpc) is 2.94. The molecule has 1 aliphatic rings. The number of rotatable bonds is 4. The van der Waals surface area contributed by atoms with E-state index < -0.39 is 10.0 Å². The van der Waals surface area contributed by atoms with Crippen molar-refractivity contribution in [2.75, 3.05) is 10.5 Å². The van der Waals surface area contributed by atoms with Crippen LogP contribution in [0.15, 0.2) is 16.6 Å². The van der Waals surface area contributed by atoms with Gasteiger partial charge < -0.3 is 0 Å². The summed E-state index contributed by atoms with van der Waals surface area (Å²) in [6.45, 7) is 3.82. The fourth-order valence-electron chi connectivity index (χ4n) is 1.86. The molecule has 0 bridgehead atoms. The molecule has 17 heavy (non-hydrogen) atoms. The highest BCUT2D eigenvalue weighted by Gasteiger charge is 2.28. The van der Waals surface area contributed by atoms with Gasteiger partial charge in [-0.1, -0.05) is 15.9 Å². The molecule has 3 nitrogen and oxygen atoms in total. The van der Waals surface area contributed by atoms with E-state index >= 15 is 0 Å². The maximum absolute atomic E-state index is 11.9. The summed E-state index contributed by atoms with van der Waals surface area (Å²) in [6, 6.07) is 3.84. The van der Waals surface area contributed by atoms with Crippen LogP contribution in [-0.2, 0) is 10.0 Å². The van der Waals surface area contributed by atoms with E-state index in [0.717, 1.165) is 28.4 Å². The van der Waals surface area contributed by atoms with Crippen LogP contribution in [0.1, 0.15) is 24.0 Å². The van der Waals surface area contributed by atoms with Crippen LogP contribution in [0, 0.1) is 19.8 Å². The van der Waals surface area contributed by atoms with Crippen LogP contribution >= 0.6 is 15.9 Å². The van der Waals surface area contributed by atoms with Crippen molar-refractivity contribution in [2.24, 2.45) is 5.92 Å². The van der Waals surface area contributed by atoms with E-state index in [2.05, 4.69) is 20.7 Å². The largest absolute Gasteiger partial charge is 0.283 e. The van der Waals surface area contributed by atoms with Gasteiger partial charge in [-0.15, -0.1) is 0 Å². The Morgan fingerprint density at radius 2 is 1.82 bits per heavy atom. The molecule has 1 aromatic rings. The molecule has 0 unspecified atom stereocenters. The lowest BCUT2D eigenvalue weighted by Gasteiger charge is -2.13. The predicted octanol–water partition coefficient (Wildman–Crippen LogP) is 3.22. The Kier molecular flexibility index (Phi) is 3.50. The van der Waals surface area contributed by atoms with Crippen molar-refractivity contribution in [3.05, 3.63) is 27.7 Å². The van der Waals surface area contributed by atoms with Crippen LogP contribution in [-0.4, -0.2) is 14.2 Å². The maximum Gasteiger partial charge on any atom is 0.233 e. The standard InChI is InChI=1S/C12H16BrNO2S/c1-8-5-11(13)6-9(2)12(8)14-17(15,16)7-10-3-4-10/h5-6,10,14H,3-4,7H2,1-2H3. The normalized spacial score (nSPS) is 15.9. The second kappa shape index (κ2) is 4.61. The molecule has 0 amide bonds.